The van der Waals surface area contributed by atoms with Crippen LogP contribution in [-0.2, 0) is 0 Å². The second-order valence-electron chi connectivity index (χ2n) is 5.47. The first-order valence-corrected chi connectivity index (χ1v) is 7.21. The summed E-state index contributed by atoms with van der Waals surface area (Å²) in [5.41, 5.74) is 1.55. The van der Waals surface area contributed by atoms with Crippen LogP contribution in [0.25, 0.3) is 22.6 Å². The average Bonchev–Trinajstić information content (AvgIpc) is 3.11. The lowest BCUT2D eigenvalue weighted by molar-refractivity contribution is 0.0899. The van der Waals surface area contributed by atoms with Crippen molar-refractivity contribution < 1.29 is 18.5 Å². The van der Waals surface area contributed by atoms with E-state index in [2.05, 4.69) is 15.5 Å². The standard InChI is InChI=1S/C16H17N3O4/c1-8(2)17-15(20)16-18-14(19-23-16)13-9(3)11-7-10(21-4)5-6-12(11)22-13/h5-8H,1-4H3,(H,17,20). The molecule has 3 aromatic rings. The van der Waals surface area contributed by atoms with Crippen molar-refractivity contribution in [3.05, 3.63) is 29.7 Å². The van der Waals surface area contributed by atoms with Crippen LogP contribution in [-0.4, -0.2) is 29.2 Å². The van der Waals surface area contributed by atoms with Gasteiger partial charge in [-0.25, -0.2) is 0 Å². The second kappa shape index (κ2) is 5.75. The van der Waals surface area contributed by atoms with Crippen LogP contribution in [0, 0.1) is 6.92 Å². The fourth-order valence-corrected chi connectivity index (χ4v) is 2.27. The first kappa shape index (κ1) is 15.1. The van der Waals surface area contributed by atoms with Crippen molar-refractivity contribution >= 4 is 16.9 Å². The molecular formula is C16H17N3O4. The molecule has 23 heavy (non-hydrogen) atoms. The van der Waals surface area contributed by atoms with E-state index >= 15 is 0 Å². The quantitative estimate of drug-likeness (QED) is 0.796. The Morgan fingerprint density at radius 2 is 2.13 bits per heavy atom. The molecule has 0 aliphatic carbocycles. The lowest BCUT2D eigenvalue weighted by atomic mass is 10.1. The van der Waals surface area contributed by atoms with Crippen LogP contribution in [0.4, 0.5) is 0 Å². The van der Waals surface area contributed by atoms with Gasteiger partial charge in [0.05, 0.1) is 7.11 Å². The van der Waals surface area contributed by atoms with E-state index in [1.54, 1.807) is 7.11 Å². The number of furan rings is 1. The summed E-state index contributed by atoms with van der Waals surface area (Å²) in [6, 6.07) is 5.49. The number of amides is 1. The maximum Gasteiger partial charge on any atom is 0.316 e. The Hall–Kier alpha value is -2.83. The van der Waals surface area contributed by atoms with Crippen LogP contribution < -0.4 is 10.1 Å². The zero-order chi connectivity index (χ0) is 16.6. The van der Waals surface area contributed by atoms with Gasteiger partial charge in [0.2, 0.25) is 5.82 Å². The summed E-state index contributed by atoms with van der Waals surface area (Å²) in [5.74, 6) is 0.950. The summed E-state index contributed by atoms with van der Waals surface area (Å²) in [4.78, 5) is 16.0. The number of carbonyl (C=O) groups is 1. The predicted octanol–water partition coefficient (Wildman–Crippen LogP) is 2.94. The molecule has 2 heterocycles. The summed E-state index contributed by atoms with van der Waals surface area (Å²) in [6.45, 7) is 5.60. The van der Waals surface area contributed by atoms with Gasteiger partial charge in [0.1, 0.15) is 11.3 Å². The smallest absolute Gasteiger partial charge is 0.316 e. The molecule has 2 aromatic heterocycles. The summed E-state index contributed by atoms with van der Waals surface area (Å²) in [6.07, 6.45) is 0. The molecule has 0 saturated carbocycles. The minimum Gasteiger partial charge on any atom is -0.497 e. The van der Waals surface area contributed by atoms with E-state index in [0.717, 1.165) is 16.7 Å². The van der Waals surface area contributed by atoms with Gasteiger partial charge in [-0.1, -0.05) is 5.16 Å². The van der Waals surface area contributed by atoms with Crippen molar-refractivity contribution in [2.24, 2.45) is 0 Å². The van der Waals surface area contributed by atoms with Crippen molar-refractivity contribution in [2.75, 3.05) is 7.11 Å². The molecule has 0 radical (unpaired) electrons. The number of rotatable bonds is 4. The van der Waals surface area contributed by atoms with Gasteiger partial charge in [0.15, 0.2) is 5.76 Å². The Balaban J connectivity index is 1.99. The maximum atomic E-state index is 11.9. The molecule has 0 fully saturated rings. The first-order chi connectivity index (χ1) is 11.0. The van der Waals surface area contributed by atoms with Gasteiger partial charge in [-0.2, -0.15) is 4.98 Å². The zero-order valence-electron chi connectivity index (χ0n) is 13.3. The predicted molar refractivity (Wildman–Crippen MR) is 83.4 cm³/mol. The summed E-state index contributed by atoms with van der Waals surface area (Å²) in [7, 11) is 1.61. The van der Waals surface area contributed by atoms with Gasteiger partial charge in [-0.3, -0.25) is 4.79 Å². The third kappa shape index (κ3) is 2.77. The SMILES string of the molecule is COc1ccc2oc(-c3noc(C(=O)NC(C)C)n3)c(C)c2c1. The second-order valence-corrected chi connectivity index (χ2v) is 5.47. The first-order valence-electron chi connectivity index (χ1n) is 7.21. The van der Waals surface area contributed by atoms with Crippen LogP contribution in [0.15, 0.2) is 27.1 Å². The third-order valence-corrected chi connectivity index (χ3v) is 3.39. The molecular weight excluding hydrogens is 298 g/mol. The molecule has 1 amide bonds. The number of hydrogen-bond donors (Lipinski definition) is 1. The van der Waals surface area contributed by atoms with Crippen molar-refractivity contribution in [3.63, 3.8) is 0 Å². The van der Waals surface area contributed by atoms with Crippen molar-refractivity contribution in [1.29, 1.82) is 0 Å². The number of fused-ring (bicyclic) bond motifs is 1. The summed E-state index contributed by atoms with van der Waals surface area (Å²) < 4.78 is 16.0. The minimum atomic E-state index is -0.408. The van der Waals surface area contributed by atoms with Gasteiger partial charge in [-0.05, 0) is 39.0 Å². The Morgan fingerprint density at radius 3 is 2.83 bits per heavy atom. The van der Waals surface area contributed by atoms with E-state index in [9.17, 15) is 4.79 Å². The van der Waals surface area contributed by atoms with Crippen molar-refractivity contribution in [3.8, 4) is 17.3 Å². The number of hydrogen-bond acceptors (Lipinski definition) is 6. The molecule has 0 unspecified atom stereocenters. The highest BCUT2D eigenvalue weighted by molar-refractivity contribution is 5.91. The topological polar surface area (TPSA) is 90.4 Å². The van der Waals surface area contributed by atoms with Gasteiger partial charge in [0.25, 0.3) is 0 Å². The number of benzene rings is 1. The third-order valence-electron chi connectivity index (χ3n) is 3.39. The van der Waals surface area contributed by atoms with E-state index in [1.165, 1.54) is 0 Å². The maximum absolute atomic E-state index is 11.9. The highest BCUT2D eigenvalue weighted by Crippen LogP contribution is 2.33. The van der Waals surface area contributed by atoms with Gasteiger partial charge in [-0.15, -0.1) is 0 Å². The molecule has 0 aliphatic rings. The molecule has 120 valence electrons. The molecule has 0 bridgehead atoms. The summed E-state index contributed by atoms with van der Waals surface area (Å²) >= 11 is 0. The molecule has 7 nitrogen and oxygen atoms in total. The Bertz CT molecular complexity index is 863. The number of aryl methyl sites for hydroxylation is 1. The molecule has 3 rings (SSSR count). The van der Waals surface area contributed by atoms with E-state index < -0.39 is 5.91 Å². The van der Waals surface area contributed by atoms with E-state index in [0.29, 0.717) is 11.3 Å². The fraction of sp³-hybridized carbons (Fsp3) is 0.312. The van der Waals surface area contributed by atoms with E-state index in [4.69, 9.17) is 13.7 Å². The Labute approximate surface area is 132 Å². The van der Waals surface area contributed by atoms with Crippen LogP contribution in [0.1, 0.15) is 30.1 Å². The highest BCUT2D eigenvalue weighted by Gasteiger charge is 2.21. The van der Waals surface area contributed by atoms with Gasteiger partial charge in [0, 0.05) is 17.0 Å². The number of nitrogens with zero attached hydrogens (tertiary/aromatic N) is 2. The van der Waals surface area contributed by atoms with Crippen LogP contribution in [0.5, 0.6) is 5.75 Å². The monoisotopic (exact) mass is 315 g/mol. The largest absolute Gasteiger partial charge is 0.497 e. The molecule has 0 spiro atoms. The fourth-order valence-electron chi connectivity index (χ4n) is 2.27. The number of ether oxygens (including phenoxy) is 1. The minimum absolute atomic E-state index is 0.0155. The molecule has 1 aromatic carbocycles. The molecule has 0 aliphatic heterocycles. The van der Waals surface area contributed by atoms with Gasteiger partial charge < -0.3 is 19.0 Å². The lowest BCUT2D eigenvalue weighted by Gasteiger charge is -2.03. The molecule has 1 N–H and O–H groups in total. The van der Waals surface area contributed by atoms with Crippen molar-refractivity contribution in [2.45, 2.75) is 26.8 Å². The van der Waals surface area contributed by atoms with E-state index in [-0.39, 0.29) is 17.8 Å². The molecule has 0 saturated heterocycles. The van der Waals surface area contributed by atoms with Crippen LogP contribution >= 0.6 is 0 Å². The number of aromatic nitrogens is 2. The van der Waals surface area contributed by atoms with Gasteiger partial charge >= 0.3 is 11.8 Å². The molecule has 7 heteroatoms. The van der Waals surface area contributed by atoms with Crippen LogP contribution in [0.3, 0.4) is 0 Å². The van der Waals surface area contributed by atoms with Crippen molar-refractivity contribution in [1.82, 2.24) is 15.5 Å². The molecule has 0 atom stereocenters. The highest BCUT2D eigenvalue weighted by atomic mass is 16.5. The Kier molecular flexibility index (Phi) is 3.77. The number of methoxy groups -OCH3 is 1. The Morgan fingerprint density at radius 1 is 1.35 bits per heavy atom. The number of nitrogens with one attached hydrogen (secondary N) is 1. The normalized spacial score (nSPS) is 11.2. The lowest BCUT2D eigenvalue weighted by Crippen LogP contribution is -2.30. The summed E-state index contributed by atoms with van der Waals surface area (Å²) in [5, 5.41) is 7.44. The van der Waals surface area contributed by atoms with E-state index in [1.807, 2.05) is 39.0 Å². The van der Waals surface area contributed by atoms with Crippen LogP contribution in [0.2, 0.25) is 0 Å². The average molecular weight is 315 g/mol. The number of carbonyl (C=O) groups excluding carboxylic acids is 1. The zero-order valence-corrected chi connectivity index (χ0v) is 13.3.